The third-order valence-electron chi connectivity index (χ3n) is 7.67. The van der Waals surface area contributed by atoms with Gasteiger partial charge in [0.05, 0.1) is 30.9 Å². The zero-order valence-corrected chi connectivity index (χ0v) is 19.4. The van der Waals surface area contributed by atoms with Gasteiger partial charge in [0, 0.05) is 24.3 Å². The van der Waals surface area contributed by atoms with Crippen LogP contribution in [0.1, 0.15) is 41.0 Å². The fourth-order valence-electron chi connectivity index (χ4n) is 6.08. The van der Waals surface area contributed by atoms with Crippen LogP contribution in [0.2, 0.25) is 0 Å². The van der Waals surface area contributed by atoms with Crippen LogP contribution in [0.3, 0.4) is 0 Å². The number of terminal acetylenes is 1. The second-order valence-corrected chi connectivity index (χ2v) is 9.72. The number of carbonyl (C=O) groups excluding carboxylic acids is 1. The summed E-state index contributed by atoms with van der Waals surface area (Å²) in [7, 11) is 0. The van der Waals surface area contributed by atoms with Gasteiger partial charge in [-0.05, 0) is 39.9 Å². The molecule has 2 bridgehead atoms. The summed E-state index contributed by atoms with van der Waals surface area (Å²) >= 11 is 0. The molecule has 2 unspecified atom stereocenters. The van der Waals surface area contributed by atoms with E-state index < -0.39 is 5.60 Å². The lowest BCUT2D eigenvalue weighted by Crippen LogP contribution is -2.62. The second kappa shape index (κ2) is 8.57. The van der Waals surface area contributed by atoms with Crippen molar-refractivity contribution in [3.8, 4) is 23.5 Å². The summed E-state index contributed by atoms with van der Waals surface area (Å²) in [5.41, 5.74) is 5.23. The molecule has 5 nitrogen and oxygen atoms in total. The predicted molar refractivity (Wildman–Crippen MR) is 133 cm³/mol. The smallest absolute Gasteiger partial charge is 0.410 e. The highest BCUT2D eigenvalue weighted by molar-refractivity contribution is 5.79. The minimum Gasteiger partial charge on any atom is -0.448 e. The molecule has 1 amide bonds. The fraction of sp³-hybridized carbons (Fsp3) is 0.300. The van der Waals surface area contributed by atoms with Crippen LogP contribution in [0.15, 0.2) is 72.8 Å². The summed E-state index contributed by atoms with van der Waals surface area (Å²) in [6, 6.07) is 23.6. The van der Waals surface area contributed by atoms with Gasteiger partial charge in [0.15, 0.2) is 0 Å². The van der Waals surface area contributed by atoms with E-state index in [1.54, 1.807) is 4.90 Å². The maximum Gasteiger partial charge on any atom is 0.410 e. The number of rotatable bonds is 3. The van der Waals surface area contributed by atoms with Crippen molar-refractivity contribution in [1.29, 1.82) is 0 Å². The van der Waals surface area contributed by atoms with Crippen LogP contribution in [0.25, 0.3) is 11.1 Å². The molecule has 0 aromatic heterocycles. The van der Waals surface area contributed by atoms with E-state index >= 15 is 0 Å². The maximum atomic E-state index is 13.4. The highest BCUT2D eigenvalue weighted by Gasteiger charge is 2.49. The highest BCUT2D eigenvalue weighted by atomic mass is 16.6. The van der Waals surface area contributed by atoms with Gasteiger partial charge in [-0.15, -0.1) is 6.42 Å². The predicted octanol–water partition coefficient (Wildman–Crippen LogP) is 4.67. The second-order valence-electron chi connectivity index (χ2n) is 9.72. The molecule has 3 aliphatic rings. The molecule has 2 fully saturated rings. The zero-order chi connectivity index (χ0) is 24.0. The molecular formula is C30H27NO4. The SMILES string of the molecule is C#Cc1cccc(C2(O)CC3COCC(C2)N3C(=O)OCC2c3ccccc3-c3ccccc32)c1. The molecule has 1 aliphatic carbocycles. The Morgan fingerprint density at radius 1 is 1.00 bits per heavy atom. The third kappa shape index (κ3) is 3.70. The molecule has 5 heteroatoms. The molecule has 3 aromatic carbocycles. The Morgan fingerprint density at radius 2 is 1.63 bits per heavy atom. The van der Waals surface area contributed by atoms with Crippen LogP contribution >= 0.6 is 0 Å². The minimum absolute atomic E-state index is 0.00988. The summed E-state index contributed by atoms with van der Waals surface area (Å²) in [6.07, 6.45) is 5.98. The number of hydrogen-bond acceptors (Lipinski definition) is 4. The van der Waals surface area contributed by atoms with Crippen LogP contribution in [-0.2, 0) is 15.1 Å². The minimum atomic E-state index is -1.06. The van der Waals surface area contributed by atoms with E-state index in [1.165, 1.54) is 22.3 Å². The van der Waals surface area contributed by atoms with Crippen LogP contribution in [0.5, 0.6) is 0 Å². The van der Waals surface area contributed by atoms with Gasteiger partial charge in [-0.25, -0.2) is 4.79 Å². The molecule has 2 aliphatic heterocycles. The lowest BCUT2D eigenvalue weighted by Gasteiger charge is -2.51. The van der Waals surface area contributed by atoms with E-state index in [4.69, 9.17) is 15.9 Å². The molecule has 35 heavy (non-hydrogen) atoms. The van der Waals surface area contributed by atoms with Crippen molar-refractivity contribution in [2.24, 2.45) is 0 Å². The monoisotopic (exact) mass is 465 g/mol. The molecular weight excluding hydrogens is 438 g/mol. The summed E-state index contributed by atoms with van der Waals surface area (Å²) in [6.45, 7) is 1.02. The van der Waals surface area contributed by atoms with Gasteiger partial charge >= 0.3 is 6.09 Å². The van der Waals surface area contributed by atoms with Crippen molar-refractivity contribution in [2.45, 2.75) is 36.4 Å². The van der Waals surface area contributed by atoms with E-state index in [1.807, 2.05) is 48.5 Å². The molecule has 3 aromatic rings. The van der Waals surface area contributed by atoms with E-state index in [-0.39, 0.29) is 30.7 Å². The summed E-state index contributed by atoms with van der Waals surface area (Å²) < 4.78 is 11.7. The third-order valence-corrected chi connectivity index (χ3v) is 7.67. The quantitative estimate of drug-likeness (QED) is 0.572. The first-order valence-electron chi connectivity index (χ1n) is 12.1. The number of piperidine rings is 1. The van der Waals surface area contributed by atoms with Gasteiger partial charge in [-0.3, -0.25) is 4.90 Å². The molecule has 2 atom stereocenters. The lowest BCUT2D eigenvalue weighted by atomic mass is 9.76. The van der Waals surface area contributed by atoms with Gasteiger partial charge in [0.1, 0.15) is 6.61 Å². The first-order valence-corrected chi connectivity index (χ1v) is 12.1. The molecule has 176 valence electrons. The standard InChI is InChI=1S/C30H27NO4/c1-2-20-8-7-9-21(14-20)30(33)15-22-17-34-18-23(16-30)31(22)29(32)35-19-28-26-12-5-3-10-24(26)25-11-4-6-13-27(25)28/h1,3-14,22-23,28,33H,15-19H2. The Hall–Kier alpha value is -3.59. The van der Waals surface area contributed by atoms with Gasteiger partial charge in [-0.2, -0.15) is 0 Å². The average Bonchev–Trinajstić information content (AvgIpc) is 3.20. The van der Waals surface area contributed by atoms with Gasteiger partial charge in [-0.1, -0.05) is 66.6 Å². The highest BCUT2D eigenvalue weighted by Crippen LogP contribution is 2.45. The number of hydrogen-bond donors (Lipinski definition) is 1. The van der Waals surface area contributed by atoms with Crippen molar-refractivity contribution >= 4 is 6.09 Å². The first-order chi connectivity index (χ1) is 17.1. The Kier molecular flexibility index (Phi) is 5.36. The van der Waals surface area contributed by atoms with E-state index in [0.29, 0.717) is 26.1 Å². The summed E-state index contributed by atoms with van der Waals surface area (Å²) in [4.78, 5) is 15.2. The maximum absolute atomic E-state index is 13.4. The molecule has 2 saturated heterocycles. The molecule has 2 heterocycles. The van der Waals surface area contributed by atoms with Crippen molar-refractivity contribution < 1.29 is 19.4 Å². The number of nitrogens with zero attached hydrogens (tertiary/aromatic N) is 1. The van der Waals surface area contributed by atoms with Crippen LogP contribution in [0, 0.1) is 12.3 Å². The molecule has 0 radical (unpaired) electrons. The summed E-state index contributed by atoms with van der Waals surface area (Å²) in [5.74, 6) is 2.65. The molecule has 0 saturated carbocycles. The van der Waals surface area contributed by atoms with Crippen molar-refractivity contribution in [3.63, 3.8) is 0 Å². The topological polar surface area (TPSA) is 59.0 Å². The van der Waals surface area contributed by atoms with Gasteiger partial charge in [0.25, 0.3) is 0 Å². The van der Waals surface area contributed by atoms with E-state index in [0.717, 1.165) is 11.1 Å². The first kappa shape index (κ1) is 21.9. The normalized spacial score (nSPS) is 24.9. The van der Waals surface area contributed by atoms with Crippen molar-refractivity contribution in [1.82, 2.24) is 4.90 Å². The number of amides is 1. The Balaban J connectivity index is 1.21. The van der Waals surface area contributed by atoms with E-state index in [9.17, 15) is 9.90 Å². The average molecular weight is 466 g/mol. The number of morpholine rings is 1. The molecule has 6 rings (SSSR count). The van der Waals surface area contributed by atoms with Crippen LogP contribution < -0.4 is 0 Å². The number of benzene rings is 3. The van der Waals surface area contributed by atoms with Gasteiger partial charge < -0.3 is 14.6 Å². The van der Waals surface area contributed by atoms with Crippen molar-refractivity contribution in [3.05, 3.63) is 95.1 Å². The Bertz CT molecular complexity index is 1270. The Labute approximate surface area is 205 Å². The molecule has 0 spiro atoms. The molecule has 1 N–H and O–H groups in total. The van der Waals surface area contributed by atoms with Crippen LogP contribution in [0.4, 0.5) is 4.79 Å². The largest absolute Gasteiger partial charge is 0.448 e. The van der Waals surface area contributed by atoms with Crippen LogP contribution in [-0.4, -0.2) is 48.0 Å². The number of carbonyl (C=O) groups is 1. The lowest BCUT2D eigenvalue weighted by molar-refractivity contribution is -0.136. The number of aliphatic hydroxyl groups is 1. The van der Waals surface area contributed by atoms with Gasteiger partial charge in [0.2, 0.25) is 0 Å². The van der Waals surface area contributed by atoms with Crippen molar-refractivity contribution in [2.75, 3.05) is 19.8 Å². The fourth-order valence-corrected chi connectivity index (χ4v) is 6.08. The zero-order valence-electron chi connectivity index (χ0n) is 19.4. The Morgan fingerprint density at radius 3 is 2.26 bits per heavy atom. The number of ether oxygens (including phenoxy) is 2. The summed E-state index contributed by atoms with van der Waals surface area (Å²) in [5, 5.41) is 11.6. The number of fused-ring (bicyclic) bond motifs is 5. The van der Waals surface area contributed by atoms with E-state index in [2.05, 4.69) is 30.2 Å².